The highest BCUT2D eigenvalue weighted by molar-refractivity contribution is 6.23. The molecule has 0 saturated carbocycles. The average Bonchev–Trinajstić information content (AvgIpc) is 3.15. The first-order valence-corrected chi connectivity index (χ1v) is 13.9. The van der Waals surface area contributed by atoms with Gasteiger partial charge < -0.3 is 30.3 Å². The first-order valence-electron chi connectivity index (χ1n) is 13.9. The van der Waals surface area contributed by atoms with Crippen molar-refractivity contribution in [2.75, 3.05) is 84.1 Å². The van der Waals surface area contributed by atoms with E-state index in [-0.39, 0.29) is 24.0 Å². The fourth-order valence-electron chi connectivity index (χ4n) is 5.23. The molecule has 39 heavy (non-hydrogen) atoms. The number of nitrogens with zero attached hydrogens (tertiary/aromatic N) is 3. The third-order valence-corrected chi connectivity index (χ3v) is 7.28. The van der Waals surface area contributed by atoms with Gasteiger partial charge in [0.15, 0.2) is 0 Å². The number of nitrogens with one attached hydrogen (secondary N) is 2. The van der Waals surface area contributed by atoms with Gasteiger partial charge in [0.25, 0.3) is 11.8 Å². The second kappa shape index (κ2) is 14.5. The number of benzene rings is 1. The second-order valence-corrected chi connectivity index (χ2v) is 10.0. The van der Waals surface area contributed by atoms with Crippen molar-refractivity contribution in [3.05, 3.63) is 29.3 Å². The Morgan fingerprint density at radius 3 is 2.15 bits per heavy atom. The van der Waals surface area contributed by atoms with Crippen LogP contribution in [0.4, 0.5) is 5.69 Å². The molecule has 0 spiro atoms. The molecular formula is C27H40N6O6. The van der Waals surface area contributed by atoms with E-state index in [2.05, 4.69) is 20.4 Å². The van der Waals surface area contributed by atoms with Crippen molar-refractivity contribution in [3.8, 4) is 0 Å². The van der Waals surface area contributed by atoms with Crippen LogP contribution in [-0.2, 0) is 19.1 Å². The summed E-state index contributed by atoms with van der Waals surface area (Å²) in [6.07, 6.45) is 2.48. The van der Waals surface area contributed by atoms with Crippen LogP contribution >= 0.6 is 0 Å². The molecule has 1 atom stereocenters. The van der Waals surface area contributed by atoms with Crippen molar-refractivity contribution in [3.63, 3.8) is 0 Å². The number of carbonyl (C=O) groups excluding carboxylic acids is 4. The van der Waals surface area contributed by atoms with Gasteiger partial charge in [0.2, 0.25) is 11.8 Å². The molecule has 1 aromatic carbocycles. The fourth-order valence-corrected chi connectivity index (χ4v) is 5.23. The highest BCUT2D eigenvalue weighted by Crippen LogP contribution is 2.29. The molecule has 0 bridgehead atoms. The molecule has 12 nitrogen and oxygen atoms in total. The number of hydrogen-bond donors (Lipinski definition) is 3. The molecule has 2 fully saturated rings. The third-order valence-electron chi connectivity index (χ3n) is 7.28. The van der Waals surface area contributed by atoms with Gasteiger partial charge in [0.1, 0.15) is 6.04 Å². The van der Waals surface area contributed by atoms with Crippen molar-refractivity contribution < 1.29 is 28.7 Å². The van der Waals surface area contributed by atoms with Gasteiger partial charge in [-0.1, -0.05) is 0 Å². The molecule has 0 radical (unpaired) electrons. The minimum atomic E-state index is -0.964. The monoisotopic (exact) mass is 544 g/mol. The number of imide groups is 2. The lowest BCUT2D eigenvalue weighted by atomic mass is 10.0. The van der Waals surface area contributed by atoms with E-state index in [0.29, 0.717) is 38.6 Å². The molecule has 0 aliphatic carbocycles. The van der Waals surface area contributed by atoms with Gasteiger partial charge >= 0.3 is 0 Å². The summed E-state index contributed by atoms with van der Waals surface area (Å²) in [5, 5.41) is 5.44. The number of anilines is 1. The van der Waals surface area contributed by atoms with Crippen molar-refractivity contribution in [1.82, 2.24) is 20.0 Å². The number of hydrogen-bond acceptors (Lipinski definition) is 10. The molecule has 12 heteroatoms. The molecule has 4 amide bonds. The zero-order valence-corrected chi connectivity index (χ0v) is 22.5. The topological polar surface area (TPSA) is 147 Å². The molecule has 3 aliphatic heterocycles. The zero-order chi connectivity index (χ0) is 27.6. The summed E-state index contributed by atoms with van der Waals surface area (Å²) < 4.78 is 11.3. The van der Waals surface area contributed by atoms with Gasteiger partial charge in [-0.15, -0.1) is 0 Å². The Balaban J connectivity index is 1.14. The Morgan fingerprint density at radius 2 is 1.51 bits per heavy atom. The van der Waals surface area contributed by atoms with E-state index in [1.54, 1.807) is 18.2 Å². The van der Waals surface area contributed by atoms with Crippen molar-refractivity contribution in [1.29, 1.82) is 0 Å². The van der Waals surface area contributed by atoms with Gasteiger partial charge in [-0.05, 0) is 63.6 Å². The summed E-state index contributed by atoms with van der Waals surface area (Å²) >= 11 is 0. The van der Waals surface area contributed by atoms with Gasteiger partial charge in [0.05, 0.1) is 37.6 Å². The van der Waals surface area contributed by atoms with Crippen LogP contribution in [0.5, 0.6) is 0 Å². The summed E-state index contributed by atoms with van der Waals surface area (Å²) in [4.78, 5) is 55.3. The van der Waals surface area contributed by atoms with Crippen LogP contribution in [0, 0.1) is 0 Å². The van der Waals surface area contributed by atoms with E-state index in [9.17, 15) is 19.2 Å². The van der Waals surface area contributed by atoms with E-state index in [4.69, 9.17) is 15.2 Å². The lowest BCUT2D eigenvalue weighted by molar-refractivity contribution is -0.136. The van der Waals surface area contributed by atoms with Crippen LogP contribution in [0.2, 0.25) is 0 Å². The van der Waals surface area contributed by atoms with Gasteiger partial charge in [-0.2, -0.15) is 0 Å². The van der Waals surface area contributed by atoms with Crippen molar-refractivity contribution in [2.45, 2.75) is 31.7 Å². The van der Waals surface area contributed by atoms with Crippen LogP contribution in [0.1, 0.15) is 46.4 Å². The molecule has 3 heterocycles. The van der Waals surface area contributed by atoms with Crippen LogP contribution in [0.25, 0.3) is 0 Å². The van der Waals surface area contributed by atoms with Gasteiger partial charge in [0, 0.05) is 38.3 Å². The summed E-state index contributed by atoms with van der Waals surface area (Å²) in [6, 6.07) is 4.01. The fraction of sp³-hybridized carbons (Fsp3) is 0.630. The Labute approximate surface area is 229 Å². The number of nitrogens with two attached hydrogens (primary N) is 1. The maximum absolute atomic E-state index is 13.0. The van der Waals surface area contributed by atoms with E-state index in [1.165, 1.54) is 0 Å². The first-order chi connectivity index (χ1) is 19.0. The van der Waals surface area contributed by atoms with E-state index in [1.807, 2.05) is 0 Å². The Morgan fingerprint density at radius 1 is 0.872 bits per heavy atom. The van der Waals surface area contributed by atoms with Crippen LogP contribution in [0.15, 0.2) is 18.2 Å². The molecule has 1 unspecified atom stereocenters. The summed E-state index contributed by atoms with van der Waals surface area (Å²) in [5.41, 5.74) is 6.69. The Hall–Kier alpha value is -2.90. The van der Waals surface area contributed by atoms with Crippen LogP contribution in [-0.4, -0.2) is 123 Å². The number of piperidine rings is 1. The Bertz CT molecular complexity index is 1030. The lowest BCUT2D eigenvalue weighted by Gasteiger charge is -2.30. The number of fused-ring (bicyclic) bond motifs is 1. The molecular weight excluding hydrogens is 504 g/mol. The molecule has 2 saturated heterocycles. The smallest absolute Gasteiger partial charge is 0.262 e. The van der Waals surface area contributed by atoms with E-state index in [0.717, 1.165) is 63.6 Å². The van der Waals surface area contributed by atoms with Gasteiger partial charge in [-0.25, -0.2) is 0 Å². The van der Waals surface area contributed by atoms with E-state index < -0.39 is 29.7 Å². The lowest BCUT2D eigenvalue weighted by Crippen LogP contribution is -2.54. The minimum Gasteiger partial charge on any atom is -0.383 e. The van der Waals surface area contributed by atoms with Gasteiger partial charge in [-0.3, -0.25) is 29.4 Å². The number of carbonyl (C=O) groups is 4. The number of amides is 4. The molecule has 4 N–H and O–H groups in total. The highest BCUT2D eigenvalue weighted by Gasteiger charge is 2.44. The highest BCUT2D eigenvalue weighted by atomic mass is 16.5. The predicted molar refractivity (Wildman–Crippen MR) is 144 cm³/mol. The van der Waals surface area contributed by atoms with Crippen molar-refractivity contribution >= 4 is 29.3 Å². The summed E-state index contributed by atoms with van der Waals surface area (Å²) in [7, 11) is 0. The second-order valence-electron chi connectivity index (χ2n) is 10.0. The third kappa shape index (κ3) is 7.83. The Kier molecular flexibility index (Phi) is 10.8. The molecule has 214 valence electrons. The van der Waals surface area contributed by atoms with Crippen LogP contribution < -0.4 is 16.4 Å². The normalized spacial score (nSPS) is 21.1. The maximum Gasteiger partial charge on any atom is 0.262 e. The summed E-state index contributed by atoms with van der Waals surface area (Å²) in [5.74, 6) is -2.03. The molecule has 1 aromatic rings. The quantitative estimate of drug-likeness (QED) is 0.227. The summed E-state index contributed by atoms with van der Waals surface area (Å²) in [6.45, 7) is 9.76. The molecule has 3 aliphatic rings. The molecule has 4 rings (SSSR count). The zero-order valence-electron chi connectivity index (χ0n) is 22.5. The standard InChI is InChI=1S/C27H40N6O6/c28-7-15-38-17-13-31-9-1-11-32(12-2-10-31)14-18-39-16-8-29-20-3-4-21-22(19-20)27(37)33(26(21)36)23-5-6-24(34)30-25(23)35/h3-4,19,23,29H,1-2,5-18,28H2,(H,30,34,35). The van der Waals surface area contributed by atoms with Crippen molar-refractivity contribution in [2.24, 2.45) is 5.73 Å². The molecule has 0 aromatic heterocycles. The number of rotatable bonds is 13. The van der Waals surface area contributed by atoms with E-state index >= 15 is 0 Å². The average molecular weight is 545 g/mol. The first kappa shape index (κ1) is 29.1. The largest absolute Gasteiger partial charge is 0.383 e. The number of ether oxygens (including phenoxy) is 2. The minimum absolute atomic E-state index is 0.0960. The van der Waals surface area contributed by atoms with Crippen LogP contribution in [0.3, 0.4) is 0 Å². The predicted octanol–water partition coefficient (Wildman–Crippen LogP) is -0.111. The maximum atomic E-state index is 13.0. The SMILES string of the molecule is NCCOCCN1CCCN(CCOCCNc2ccc3c(c2)C(=O)N(C2CCC(=O)NC2=O)C3=O)CCC1.